The molecule has 3 aromatic rings. The van der Waals surface area contributed by atoms with E-state index < -0.39 is 0 Å². The van der Waals surface area contributed by atoms with Crippen molar-refractivity contribution in [2.45, 2.75) is 6.92 Å². The first-order chi connectivity index (χ1) is 8.29. The third-order valence-corrected chi connectivity index (χ3v) is 6.48. The Morgan fingerprint density at radius 2 is 2.18 bits per heavy atom. The number of ether oxygens (including phenoxy) is 1. The fourth-order valence-electron chi connectivity index (χ4n) is 1.82. The third-order valence-electron chi connectivity index (χ3n) is 2.55. The normalized spacial score (nSPS) is 11.1. The summed E-state index contributed by atoms with van der Waals surface area (Å²) >= 11 is 1.93. The number of fused-ring (bicyclic) bond motifs is 3. The molecule has 0 unspecified atom stereocenters. The maximum atomic E-state index is 11.7. The summed E-state index contributed by atoms with van der Waals surface area (Å²) in [5.74, 6) is -0.194. The van der Waals surface area contributed by atoms with Crippen LogP contribution < -0.4 is 0 Å². The summed E-state index contributed by atoms with van der Waals surface area (Å²) in [6, 6.07) is 10.4. The van der Waals surface area contributed by atoms with E-state index in [0.29, 0.717) is 21.1 Å². The third kappa shape index (κ3) is 1.82. The van der Waals surface area contributed by atoms with Crippen LogP contribution in [0.2, 0.25) is 0 Å². The van der Waals surface area contributed by atoms with Crippen LogP contribution in [-0.2, 0) is 4.74 Å². The molecule has 0 bridgehead atoms. The summed E-state index contributed by atoms with van der Waals surface area (Å²) in [5, 5.41) is 2.52. The molecule has 17 heavy (non-hydrogen) atoms. The molecule has 0 saturated carbocycles. The van der Waals surface area contributed by atoms with Crippen molar-refractivity contribution in [3.63, 3.8) is 0 Å². The predicted octanol–water partition coefficient (Wildman–Crippen LogP) is 3.29. The number of benzene rings is 1. The van der Waals surface area contributed by atoms with Gasteiger partial charge in [0.2, 0.25) is 0 Å². The average molecular weight is 309 g/mol. The summed E-state index contributed by atoms with van der Waals surface area (Å²) in [6.07, 6.45) is 0. The molecule has 0 aliphatic rings. The van der Waals surface area contributed by atoms with Gasteiger partial charge in [0.15, 0.2) is 0 Å². The summed E-state index contributed by atoms with van der Waals surface area (Å²) in [4.78, 5) is 12.4. The van der Waals surface area contributed by atoms with Crippen molar-refractivity contribution in [1.82, 2.24) is 0 Å². The van der Waals surface area contributed by atoms with Crippen molar-refractivity contribution in [3.8, 4) is 0 Å². The number of rotatable bonds is 2. The number of carbonyl (C=O) groups excluding carboxylic acids is 1. The maximum absolute atomic E-state index is 11.7. The fraction of sp³-hybridized carbons (Fsp3) is 0.154. The van der Waals surface area contributed by atoms with Gasteiger partial charge in [-0.2, -0.15) is 0 Å². The number of esters is 1. The second-order valence-corrected chi connectivity index (χ2v) is 7.47. The van der Waals surface area contributed by atoms with Crippen LogP contribution in [0.3, 0.4) is 0 Å². The molecule has 1 aromatic carbocycles. The monoisotopic (exact) mass is 310 g/mol. The zero-order valence-electron chi connectivity index (χ0n) is 9.23. The number of thiophene rings is 1. The van der Waals surface area contributed by atoms with Gasteiger partial charge in [0.1, 0.15) is 0 Å². The molecule has 0 saturated heterocycles. The Hall–Kier alpha value is -1.09. The van der Waals surface area contributed by atoms with Crippen LogP contribution in [-0.4, -0.2) is 27.1 Å². The Balaban J connectivity index is 2.17. The van der Waals surface area contributed by atoms with Gasteiger partial charge in [-0.25, -0.2) is 0 Å². The molecule has 0 spiro atoms. The van der Waals surface area contributed by atoms with Gasteiger partial charge in [-0.15, -0.1) is 0 Å². The van der Waals surface area contributed by atoms with Gasteiger partial charge in [-0.05, 0) is 0 Å². The molecule has 0 aliphatic heterocycles. The summed E-state index contributed by atoms with van der Waals surface area (Å²) in [6.45, 7) is 2.27. The van der Waals surface area contributed by atoms with Gasteiger partial charge in [-0.1, -0.05) is 0 Å². The van der Waals surface area contributed by atoms with Crippen molar-refractivity contribution < 1.29 is 9.53 Å². The topological polar surface area (TPSA) is 26.3 Å². The van der Waals surface area contributed by atoms with Gasteiger partial charge >= 0.3 is 109 Å². The van der Waals surface area contributed by atoms with E-state index in [0.717, 1.165) is 4.88 Å². The van der Waals surface area contributed by atoms with Gasteiger partial charge in [0.25, 0.3) is 0 Å². The van der Waals surface area contributed by atoms with Gasteiger partial charge in [-0.3, -0.25) is 0 Å². The van der Waals surface area contributed by atoms with E-state index in [9.17, 15) is 4.79 Å². The molecule has 0 radical (unpaired) electrons. The fourth-order valence-corrected chi connectivity index (χ4v) is 5.87. The van der Waals surface area contributed by atoms with Crippen molar-refractivity contribution in [3.05, 3.63) is 35.2 Å². The second-order valence-electron chi connectivity index (χ2n) is 3.63. The zero-order chi connectivity index (χ0) is 11.8. The zero-order valence-corrected chi connectivity index (χ0v) is 11.8. The van der Waals surface area contributed by atoms with Crippen molar-refractivity contribution in [2.24, 2.45) is 0 Å². The van der Waals surface area contributed by atoms with Crippen LogP contribution in [0.5, 0.6) is 0 Å². The summed E-state index contributed by atoms with van der Waals surface area (Å²) in [7, 11) is 0. The number of hydrogen-bond donors (Lipinski definition) is 0. The molecular formula is C13H10O2SSe. The van der Waals surface area contributed by atoms with Crippen LogP contribution >= 0.6 is 11.3 Å². The average Bonchev–Trinajstić information content (AvgIpc) is 2.86. The van der Waals surface area contributed by atoms with Crippen LogP contribution in [0.1, 0.15) is 16.6 Å². The molecule has 3 rings (SSSR count). The first kappa shape index (κ1) is 11.0. The van der Waals surface area contributed by atoms with E-state index >= 15 is 0 Å². The van der Waals surface area contributed by atoms with Crippen molar-refractivity contribution in [1.29, 1.82) is 0 Å². The molecule has 0 amide bonds. The van der Waals surface area contributed by atoms with E-state index in [-0.39, 0.29) is 5.97 Å². The molecule has 86 valence electrons. The van der Waals surface area contributed by atoms with E-state index in [4.69, 9.17) is 4.74 Å². The molecular weight excluding hydrogens is 299 g/mol. The van der Waals surface area contributed by atoms with Crippen molar-refractivity contribution in [2.75, 3.05) is 6.61 Å². The van der Waals surface area contributed by atoms with E-state index in [1.54, 1.807) is 11.3 Å². The van der Waals surface area contributed by atoms with Crippen LogP contribution in [0.25, 0.3) is 18.6 Å². The summed E-state index contributed by atoms with van der Waals surface area (Å²) in [5.41, 5.74) is 0. The Morgan fingerprint density at radius 3 is 3.00 bits per heavy atom. The van der Waals surface area contributed by atoms with Gasteiger partial charge in [0, 0.05) is 0 Å². The minimum atomic E-state index is -0.194. The Labute approximate surface area is 109 Å². The number of hydrogen-bond acceptors (Lipinski definition) is 3. The molecule has 0 atom stereocenters. The Morgan fingerprint density at radius 1 is 1.35 bits per heavy atom. The molecule has 2 nitrogen and oxygen atoms in total. The minimum absolute atomic E-state index is 0.194. The summed E-state index contributed by atoms with van der Waals surface area (Å²) < 4.78 is 7.78. The van der Waals surface area contributed by atoms with Crippen LogP contribution in [0.15, 0.2) is 30.3 Å². The van der Waals surface area contributed by atoms with E-state index in [2.05, 4.69) is 18.2 Å². The molecule has 0 fully saturated rings. The predicted molar refractivity (Wildman–Crippen MR) is 72.2 cm³/mol. The quantitative estimate of drug-likeness (QED) is 0.536. The number of carbonyl (C=O) groups is 1. The Kier molecular flexibility index (Phi) is 2.79. The molecule has 4 heteroatoms. The van der Waals surface area contributed by atoms with Crippen LogP contribution in [0, 0.1) is 0 Å². The molecule has 2 heterocycles. The van der Waals surface area contributed by atoms with Crippen molar-refractivity contribution >= 4 is 50.4 Å². The standard InChI is InChI=1S/C13H10O2SSe/c1-2-15-12(14)10-7-9-8-5-3-4-6-11(8)17-13(9)16-10/h3-7H,2H2,1H3. The SMILES string of the molecule is CCOC(=O)c1cc2c(s1)[se]c1ccccc12. The molecule has 0 aliphatic carbocycles. The van der Waals surface area contributed by atoms with E-state index in [1.165, 1.54) is 18.6 Å². The van der Waals surface area contributed by atoms with Gasteiger partial charge < -0.3 is 0 Å². The first-order valence-corrected chi connectivity index (χ1v) is 7.90. The molecule has 2 aromatic heterocycles. The molecule has 0 N–H and O–H groups in total. The second kappa shape index (κ2) is 4.30. The van der Waals surface area contributed by atoms with E-state index in [1.807, 2.05) is 19.1 Å². The first-order valence-electron chi connectivity index (χ1n) is 5.38. The van der Waals surface area contributed by atoms with Crippen LogP contribution in [0.4, 0.5) is 0 Å². The van der Waals surface area contributed by atoms with Gasteiger partial charge in [0.05, 0.1) is 0 Å². The Bertz CT molecular complexity index is 696.